The van der Waals surface area contributed by atoms with Crippen molar-refractivity contribution in [2.24, 2.45) is 5.92 Å². The van der Waals surface area contributed by atoms with E-state index in [0.29, 0.717) is 29.7 Å². The van der Waals surface area contributed by atoms with Crippen molar-refractivity contribution in [3.8, 4) is 5.75 Å². The zero-order valence-electron chi connectivity index (χ0n) is 12.2. The summed E-state index contributed by atoms with van der Waals surface area (Å²) in [5.41, 5.74) is 0.843. The van der Waals surface area contributed by atoms with Gasteiger partial charge < -0.3 is 10.1 Å². The number of methoxy groups -OCH3 is 1. The van der Waals surface area contributed by atoms with Gasteiger partial charge in [-0.1, -0.05) is 0 Å². The fraction of sp³-hybridized carbons (Fsp3) is 0.571. The molecule has 0 aliphatic heterocycles. The summed E-state index contributed by atoms with van der Waals surface area (Å²) in [6, 6.07) is 5.01. The summed E-state index contributed by atoms with van der Waals surface area (Å²) >= 11 is 0. The Balaban J connectivity index is 2.28. The highest BCUT2D eigenvalue weighted by atomic mass is 32.2. The molecule has 6 heteroatoms. The molecule has 20 heavy (non-hydrogen) atoms. The fourth-order valence-electron chi connectivity index (χ4n) is 2.19. The van der Waals surface area contributed by atoms with E-state index in [0.717, 1.165) is 18.4 Å². The minimum Gasteiger partial charge on any atom is -0.496 e. The monoisotopic (exact) mass is 298 g/mol. The third-order valence-electron chi connectivity index (χ3n) is 3.54. The molecular weight excluding hydrogens is 276 g/mol. The highest BCUT2D eigenvalue weighted by molar-refractivity contribution is 7.89. The van der Waals surface area contributed by atoms with Crippen molar-refractivity contribution >= 4 is 10.0 Å². The van der Waals surface area contributed by atoms with E-state index in [1.54, 1.807) is 32.4 Å². The molecule has 1 aromatic rings. The van der Waals surface area contributed by atoms with Crippen molar-refractivity contribution in [3.05, 3.63) is 23.8 Å². The molecule has 0 unspecified atom stereocenters. The van der Waals surface area contributed by atoms with E-state index in [4.69, 9.17) is 4.74 Å². The Hall–Kier alpha value is -1.11. The second kappa shape index (κ2) is 6.11. The summed E-state index contributed by atoms with van der Waals surface area (Å²) in [5.74, 6) is 1.23. The number of benzene rings is 1. The Morgan fingerprint density at radius 2 is 2.10 bits per heavy atom. The highest BCUT2D eigenvalue weighted by Crippen LogP contribution is 2.31. The smallest absolute Gasteiger partial charge is 0.242 e. The predicted molar refractivity (Wildman–Crippen MR) is 78.3 cm³/mol. The Morgan fingerprint density at radius 3 is 2.65 bits per heavy atom. The SMILES string of the molecule is CNCc1cc(S(=O)(=O)N(C)CC2CC2)ccc1OC. The molecule has 0 heterocycles. The first-order valence-electron chi connectivity index (χ1n) is 6.77. The average Bonchev–Trinajstić information content (AvgIpc) is 3.23. The second-order valence-corrected chi connectivity index (χ2v) is 7.28. The van der Waals surface area contributed by atoms with Gasteiger partial charge >= 0.3 is 0 Å². The number of nitrogens with zero attached hydrogens (tertiary/aromatic N) is 1. The maximum atomic E-state index is 12.5. The summed E-state index contributed by atoms with van der Waals surface area (Å²) in [5, 5.41) is 3.02. The lowest BCUT2D eigenvalue weighted by Crippen LogP contribution is -2.29. The molecule has 1 fully saturated rings. The number of hydrogen-bond donors (Lipinski definition) is 1. The van der Waals surface area contributed by atoms with Gasteiger partial charge in [-0.2, -0.15) is 0 Å². The van der Waals surface area contributed by atoms with E-state index >= 15 is 0 Å². The van der Waals surface area contributed by atoms with Gasteiger partial charge in [0.15, 0.2) is 0 Å². The lowest BCUT2D eigenvalue weighted by molar-refractivity contribution is 0.407. The minimum atomic E-state index is -3.41. The molecule has 0 saturated heterocycles. The topological polar surface area (TPSA) is 58.6 Å². The number of hydrogen-bond acceptors (Lipinski definition) is 4. The summed E-state index contributed by atoms with van der Waals surface area (Å²) in [4.78, 5) is 0.326. The van der Waals surface area contributed by atoms with Crippen LogP contribution < -0.4 is 10.1 Å². The largest absolute Gasteiger partial charge is 0.496 e. The van der Waals surface area contributed by atoms with E-state index in [9.17, 15) is 8.42 Å². The molecule has 1 aromatic carbocycles. The fourth-order valence-corrected chi connectivity index (χ4v) is 3.48. The van der Waals surface area contributed by atoms with Crippen LogP contribution in [0.4, 0.5) is 0 Å². The van der Waals surface area contributed by atoms with Crippen LogP contribution in [0.2, 0.25) is 0 Å². The Kier molecular flexibility index (Phi) is 4.67. The molecule has 5 nitrogen and oxygen atoms in total. The van der Waals surface area contributed by atoms with Gasteiger partial charge in [0.25, 0.3) is 0 Å². The lowest BCUT2D eigenvalue weighted by atomic mass is 10.2. The molecule has 1 saturated carbocycles. The van der Waals surface area contributed by atoms with Gasteiger partial charge in [0, 0.05) is 25.7 Å². The van der Waals surface area contributed by atoms with E-state index < -0.39 is 10.0 Å². The number of sulfonamides is 1. The normalized spacial score (nSPS) is 15.6. The van der Waals surface area contributed by atoms with E-state index in [1.807, 2.05) is 7.05 Å². The molecule has 0 radical (unpaired) electrons. The highest BCUT2D eigenvalue weighted by Gasteiger charge is 2.29. The molecule has 0 aromatic heterocycles. The summed E-state index contributed by atoms with van der Waals surface area (Å²) < 4.78 is 31.7. The first-order chi connectivity index (χ1) is 9.48. The zero-order chi connectivity index (χ0) is 14.8. The Morgan fingerprint density at radius 1 is 1.40 bits per heavy atom. The van der Waals surface area contributed by atoms with Crippen LogP contribution in [0.1, 0.15) is 18.4 Å². The minimum absolute atomic E-state index is 0.326. The maximum absolute atomic E-state index is 12.5. The van der Waals surface area contributed by atoms with Crippen LogP contribution in [-0.4, -0.2) is 40.5 Å². The molecule has 112 valence electrons. The van der Waals surface area contributed by atoms with E-state index in [1.165, 1.54) is 4.31 Å². The van der Waals surface area contributed by atoms with Gasteiger partial charge in [-0.3, -0.25) is 0 Å². The van der Waals surface area contributed by atoms with Crippen molar-refractivity contribution < 1.29 is 13.2 Å². The number of ether oxygens (including phenoxy) is 1. The number of nitrogens with one attached hydrogen (secondary N) is 1. The predicted octanol–water partition coefficient (Wildman–Crippen LogP) is 1.45. The molecule has 1 aliphatic rings. The third kappa shape index (κ3) is 3.31. The van der Waals surface area contributed by atoms with Crippen LogP contribution in [0.15, 0.2) is 23.1 Å². The van der Waals surface area contributed by atoms with Gasteiger partial charge in [-0.25, -0.2) is 12.7 Å². The van der Waals surface area contributed by atoms with Crippen molar-refractivity contribution in [1.29, 1.82) is 0 Å². The van der Waals surface area contributed by atoms with Gasteiger partial charge in [-0.15, -0.1) is 0 Å². The number of rotatable bonds is 7. The first-order valence-corrected chi connectivity index (χ1v) is 8.21. The summed E-state index contributed by atoms with van der Waals surface area (Å²) in [7, 11) is 1.64. The third-order valence-corrected chi connectivity index (χ3v) is 5.36. The molecular formula is C14H22N2O3S. The van der Waals surface area contributed by atoms with Gasteiger partial charge in [-0.05, 0) is 44.0 Å². The summed E-state index contributed by atoms with van der Waals surface area (Å²) in [6.07, 6.45) is 2.26. The quantitative estimate of drug-likeness (QED) is 0.827. The lowest BCUT2D eigenvalue weighted by Gasteiger charge is -2.18. The maximum Gasteiger partial charge on any atom is 0.242 e. The summed E-state index contributed by atoms with van der Waals surface area (Å²) in [6.45, 7) is 1.18. The Bertz CT molecular complexity index is 568. The van der Waals surface area contributed by atoms with E-state index in [-0.39, 0.29) is 0 Å². The van der Waals surface area contributed by atoms with Crippen LogP contribution in [0.25, 0.3) is 0 Å². The van der Waals surface area contributed by atoms with Crippen LogP contribution in [0, 0.1) is 5.92 Å². The van der Waals surface area contributed by atoms with Gasteiger partial charge in [0.2, 0.25) is 10.0 Å². The van der Waals surface area contributed by atoms with Crippen LogP contribution >= 0.6 is 0 Å². The molecule has 0 bridgehead atoms. The van der Waals surface area contributed by atoms with Crippen molar-refractivity contribution in [1.82, 2.24) is 9.62 Å². The van der Waals surface area contributed by atoms with Crippen LogP contribution in [0.3, 0.4) is 0 Å². The van der Waals surface area contributed by atoms with Crippen molar-refractivity contribution in [2.45, 2.75) is 24.3 Å². The van der Waals surface area contributed by atoms with Crippen molar-refractivity contribution in [2.75, 3.05) is 27.7 Å². The van der Waals surface area contributed by atoms with E-state index in [2.05, 4.69) is 5.32 Å². The standard InChI is InChI=1S/C14H22N2O3S/c1-15-9-12-8-13(6-7-14(12)19-3)20(17,18)16(2)10-11-4-5-11/h6-8,11,15H,4-5,9-10H2,1-3H3. The molecule has 1 aliphatic carbocycles. The molecule has 2 rings (SSSR count). The molecule has 1 N–H and O–H groups in total. The zero-order valence-corrected chi connectivity index (χ0v) is 13.0. The second-order valence-electron chi connectivity index (χ2n) is 5.23. The van der Waals surface area contributed by atoms with Crippen molar-refractivity contribution in [3.63, 3.8) is 0 Å². The van der Waals surface area contributed by atoms with Crippen LogP contribution in [-0.2, 0) is 16.6 Å². The molecule has 0 amide bonds. The average molecular weight is 298 g/mol. The van der Waals surface area contributed by atoms with Crippen LogP contribution in [0.5, 0.6) is 5.75 Å². The van der Waals surface area contributed by atoms with Gasteiger partial charge in [0.05, 0.1) is 12.0 Å². The first kappa shape index (κ1) is 15.3. The molecule has 0 atom stereocenters. The van der Waals surface area contributed by atoms with Gasteiger partial charge in [0.1, 0.15) is 5.75 Å². The Labute approximate surface area is 121 Å². The molecule has 0 spiro atoms.